The van der Waals surface area contributed by atoms with Crippen molar-refractivity contribution in [3.63, 3.8) is 0 Å². The molecular weight excluding hydrogens is 254 g/mol. The van der Waals surface area contributed by atoms with E-state index in [9.17, 15) is 0 Å². The Morgan fingerprint density at radius 1 is 1.27 bits per heavy atom. The van der Waals surface area contributed by atoms with Crippen molar-refractivity contribution in [2.45, 2.75) is 19.4 Å². The van der Waals surface area contributed by atoms with Gasteiger partial charge in [0.2, 0.25) is 0 Å². The predicted octanol–water partition coefficient (Wildman–Crippen LogP) is 2.96. The van der Waals surface area contributed by atoms with Crippen LogP contribution in [0.15, 0.2) is 24.3 Å². The molecule has 15 heavy (non-hydrogen) atoms. The van der Waals surface area contributed by atoms with Gasteiger partial charge in [-0.05, 0) is 25.5 Å². The summed E-state index contributed by atoms with van der Waals surface area (Å²) in [5.41, 5.74) is 1.22. The molecule has 1 N–H and O–H groups in total. The van der Waals surface area contributed by atoms with Crippen LogP contribution in [0.1, 0.15) is 18.4 Å². The van der Waals surface area contributed by atoms with Crippen LogP contribution in [-0.4, -0.2) is 19.0 Å². The summed E-state index contributed by atoms with van der Waals surface area (Å²) in [4.78, 5) is 0. The van der Waals surface area contributed by atoms with Crippen LogP contribution in [0.2, 0.25) is 0 Å². The average molecular weight is 272 g/mol. The van der Waals surface area contributed by atoms with Gasteiger partial charge < -0.3 is 10.1 Å². The van der Waals surface area contributed by atoms with E-state index in [1.807, 2.05) is 18.2 Å². The fraction of sp³-hybridized carbons (Fsp3) is 0.500. The number of methoxy groups -OCH3 is 1. The number of alkyl halides is 1. The maximum Gasteiger partial charge on any atom is 0.123 e. The van der Waals surface area contributed by atoms with Gasteiger partial charge in [-0.1, -0.05) is 34.1 Å². The number of nitrogens with one attached hydrogen (secondary N) is 1. The summed E-state index contributed by atoms with van der Waals surface area (Å²) >= 11 is 3.42. The Kier molecular flexibility index (Phi) is 6.44. The summed E-state index contributed by atoms with van der Waals surface area (Å²) in [6, 6.07) is 8.12. The van der Waals surface area contributed by atoms with Crippen molar-refractivity contribution in [3.05, 3.63) is 29.8 Å². The maximum absolute atomic E-state index is 5.28. The molecule has 0 aliphatic heterocycles. The van der Waals surface area contributed by atoms with Crippen molar-refractivity contribution in [2.75, 3.05) is 19.0 Å². The van der Waals surface area contributed by atoms with Crippen LogP contribution in [-0.2, 0) is 6.54 Å². The molecule has 0 spiro atoms. The molecule has 0 bridgehead atoms. The van der Waals surface area contributed by atoms with Gasteiger partial charge in [0.15, 0.2) is 0 Å². The van der Waals surface area contributed by atoms with Crippen molar-refractivity contribution in [2.24, 2.45) is 0 Å². The highest BCUT2D eigenvalue weighted by Crippen LogP contribution is 2.16. The Morgan fingerprint density at radius 3 is 2.80 bits per heavy atom. The lowest BCUT2D eigenvalue weighted by molar-refractivity contribution is 0.407. The quantitative estimate of drug-likeness (QED) is 0.608. The molecule has 0 aliphatic rings. The van der Waals surface area contributed by atoms with Crippen LogP contribution in [0.3, 0.4) is 0 Å². The molecule has 0 heterocycles. The molecular formula is C12H18BrNO. The van der Waals surface area contributed by atoms with Crippen molar-refractivity contribution in [1.82, 2.24) is 5.32 Å². The smallest absolute Gasteiger partial charge is 0.123 e. The van der Waals surface area contributed by atoms with Crippen LogP contribution >= 0.6 is 15.9 Å². The Morgan fingerprint density at radius 2 is 2.07 bits per heavy atom. The van der Waals surface area contributed by atoms with E-state index in [-0.39, 0.29) is 0 Å². The first-order valence-electron chi connectivity index (χ1n) is 5.27. The third kappa shape index (κ3) is 4.67. The molecule has 0 aliphatic carbocycles. The lowest BCUT2D eigenvalue weighted by Gasteiger charge is -2.08. The fourth-order valence-electron chi connectivity index (χ4n) is 1.42. The number of rotatable bonds is 7. The molecule has 0 aromatic heterocycles. The molecule has 3 heteroatoms. The van der Waals surface area contributed by atoms with Crippen molar-refractivity contribution >= 4 is 15.9 Å². The summed E-state index contributed by atoms with van der Waals surface area (Å²) in [6.45, 7) is 1.94. The molecule has 0 fully saturated rings. The predicted molar refractivity (Wildman–Crippen MR) is 67.7 cm³/mol. The zero-order valence-electron chi connectivity index (χ0n) is 9.13. The van der Waals surface area contributed by atoms with Gasteiger partial charge in [-0.15, -0.1) is 0 Å². The third-order valence-corrected chi connectivity index (χ3v) is 2.81. The number of hydrogen-bond acceptors (Lipinski definition) is 2. The van der Waals surface area contributed by atoms with Gasteiger partial charge in [0.25, 0.3) is 0 Å². The van der Waals surface area contributed by atoms with Gasteiger partial charge in [0.1, 0.15) is 5.75 Å². The summed E-state index contributed by atoms with van der Waals surface area (Å²) < 4.78 is 5.28. The highest BCUT2D eigenvalue weighted by atomic mass is 79.9. The number of benzene rings is 1. The zero-order chi connectivity index (χ0) is 10.9. The monoisotopic (exact) mass is 271 g/mol. The van der Waals surface area contributed by atoms with Gasteiger partial charge in [-0.2, -0.15) is 0 Å². The van der Waals surface area contributed by atoms with Crippen molar-refractivity contribution < 1.29 is 4.74 Å². The van der Waals surface area contributed by atoms with E-state index in [0.29, 0.717) is 0 Å². The first kappa shape index (κ1) is 12.5. The average Bonchev–Trinajstić information content (AvgIpc) is 2.29. The summed E-state index contributed by atoms with van der Waals surface area (Å²) in [5, 5.41) is 4.50. The topological polar surface area (TPSA) is 21.3 Å². The highest BCUT2D eigenvalue weighted by molar-refractivity contribution is 9.09. The van der Waals surface area contributed by atoms with Crippen LogP contribution in [0.25, 0.3) is 0 Å². The maximum atomic E-state index is 5.28. The second kappa shape index (κ2) is 7.71. The number of hydrogen-bond donors (Lipinski definition) is 1. The Labute approximate surface area is 100 Å². The molecule has 0 atom stereocenters. The van der Waals surface area contributed by atoms with Gasteiger partial charge in [-0.25, -0.2) is 0 Å². The van der Waals surface area contributed by atoms with E-state index in [2.05, 4.69) is 27.3 Å². The van der Waals surface area contributed by atoms with Crippen LogP contribution < -0.4 is 10.1 Å². The molecule has 0 saturated carbocycles. The molecule has 0 radical (unpaired) electrons. The number of ether oxygens (including phenoxy) is 1. The van der Waals surface area contributed by atoms with Gasteiger partial charge in [-0.3, -0.25) is 0 Å². The first-order chi connectivity index (χ1) is 7.38. The first-order valence-corrected chi connectivity index (χ1v) is 6.39. The molecule has 1 aromatic carbocycles. The van der Waals surface area contributed by atoms with E-state index < -0.39 is 0 Å². The van der Waals surface area contributed by atoms with E-state index in [4.69, 9.17) is 4.74 Å². The molecule has 0 unspecified atom stereocenters. The molecule has 2 nitrogen and oxygen atoms in total. The molecule has 0 amide bonds. The zero-order valence-corrected chi connectivity index (χ0v) is 10.7. The van der Waals surface area contributed by atoms with Gasteiger partial charge in [0, 0.05) is 17.4 Å². The minimum Gasteiger partial charge on any atom is -0.496 e. The van der Waals surface area contributed by atoms with Crippen LogP contribution in [0.4, 0.5) is 0 Å². The standard InChI is InChI=1S/C12H18BrNO/c1-15-12-7-3-2-6-11(12)10-14-9-5-4-8-13/h2-3,6-7,14H,4-5,8-10H2,1H3. The van der Waals surface area contributed by atoms with E-state index in [1.165, 1.54) is 18.4 Å². The molecule has 1 rings (SSSR count). The lowest BCUT2D eigenvalue weighted by atomic mass is 10.2. The summed E-state index contributed by atoms with van der Waals surface area (Å²) in [5.74, 6) is 0.963. The van der Waals surface area contributed by atoms with E-state index in [0.717, 1.165) is 24.2 Å². The van der Waals surface area contributed by atoms with Gasteiger partial charge >= 0.3 is 0 Å². The Balaban J connectivity index is 2.30. The van der Waals surface area contributed by atoms with Crippen LogP contribution in [0, 0.1) is 0 Å². The number of para-hydroxylation sites is 1. The van der Waals surface area contributed by atoms with E-state index in [1.54, 1.807) is 7.11 Å². The second-order valence-electron chi connectivity index (χ2n) is 3.38. The summed E-state index contributed by atoms with van der Waals surface area (Å²) in [7, 11) is 1.71. The lowest BCUT2D eigenvalue weighted by Crippen LogP contribution is -2.15. The third-order valence-electron chi connectivity index (χ3n) is 2.25. The Hall–Kier alpha value is -0.540. The van der Waals surface area contributed by atoms with Crippen LogP contribution in [0.5, 0.6) is 5.75 Å². The van der Waals surface area contributed by atoms with Gasteiger partial charge in [0.05, 0.1) is 7.11 Å². The van der Waals surface area contributed by atoms with Crippen molar-refractivity contribution in [3.8, 4) is 5.75 Å². The minimum absolute atomic E-state index is 0.881. The fourth-order valence-corrected chi connectivity index (χ4v) is 1.81. The second-order valence-corrected chi connectivity index (χ2v) is 4.18. The number of halogens is 1. The molecule has 0 saturated heterocycles. The minimum atomic E-state index is 0.881. The highest BCUT2D eigenvalue weighted by Gasteiger charge is 1.99. The SMILES string of the molecule is COc1ccccc1CNCCCCBr. The molecule has 1 aromatic rings. The van der Waals surface area contributed by atoms with E-state index >= 15 is 0 Å². The Bertz CT molecular complexity index is 278. The number of unbranched alkanes of at least 4 members (excludes halogenated alkanes) is 1. The normalized spacial score (nSPS) is 10.3. The largest absolute Gasteiger partial charge is 0.496 e. The molecule has 84 valence electrons. The summed E-state index contributed by atoms with van der Waals surface area (Å²) in [6.07, 6.45) is 2.43. The van der Waals surface area contributed by atoms with Crippen molar-refractivity contribution in [1.29, 1.82) is 0 Å².